The number of ether oxygens (including phenoxy) is 2. The molecule has 1 saturated heterocycles. The van der Waals surface area contributed by atoms with Gasteiger partial charge in [-0.1, -0.05) is 26.0 Å². The molecule has 1 amide bonds. The third-order valence-corrected chi connectivity index (χ3v) is 6.33. The van der Waals surface area contributed by atoms with Crippen LogP contribution < -0.4 is 14.4 Å². The molecule has 37 heavy (non-hydrogen) atoms. The average molecular weight is 497 g/mol. The highest BCUT2D eigenvalue weighted by Gasteiger charge is 2.47. The number of rotatable bonds is 7. The molecule has 1 heterocycles. The van der Waals surface area contributed by atoms with Crippen molar-refractivity contribution in [2.75, 3.05) is 18.6 Å². The topological polar surface area (TPSA) is 99.9 Å². The van der Waals surface area contributed by atoms with Gasteiger partial charge in [0.1, 0.15) is 17.3 Å². The van der Waals surface area contributed by atoms with E-state index in [0.29, 0.717) is 40.5 Å². The van der Waals surface area contributed by atoms with E-state index in [1.54, 1.807) is 66.7 Å². The summed E-state index contributed by atoms with van der Waals surface area (Å²) in [7, 11) is 1.53. The zero-order valence-corrected chi connectivity index (χ0v) is 21.2. The first-order chi connectivity index (χ1) is 17.8. The fourth-order valence-corrected chi connectivity index (χ4v) is 4.51. The lowest BCUT2D eigenvalue weighted by Crippen LogP contribution is -2.29. The largest absolute Gasteiger partial charge is 0.507 e. The van der Waals surface area contributed by atoms with E-state index in [-0.39, 0.29) is 17.3 Å². The highest BCUT2D eigenvalue weighted by atomic mass is 16.5. The predicted octanol–water partition coefficient (Wildman–Crippen LogP) is 5.72. The van der Waals surface area contributed by atoms with Gasteiger partial charge in [0.15, 0.2) is 0 Å². The number of Topliss-reactive ketones (excluding diaryl/α,β-unsaturated/α-hetero) is 1. The van der Waals surface area contributed by atoms with Crippen molar-refractivity contribution in [2.24, 2.45) is 0 Å². The van der Waals surface area contributed by atoms with Crippen molar-refractivity contribution in [3.05, 3.63) is 94.6 Å². The number of aliphatic hydroxyl groups excluding tert-OH is 1. The highest BCUT2D eigenvalue weighted by molar-refractivity contribution is 6.51. The standard InChI is InChI=1S/C30H28N2O5/c1-5-37-25-14-11-21(16-24(25)18(2)3)28(33)26-27(20-7-6-8-23(15-20)36-4)32(30(35)29(26)34)22-12-9-19(17-31)10-13-22/h6-16,18,27,33H,5H2,1-4H3/b28-26-. The molecule has 0 aliphatic carbocycles. The zero-order valence-electron chi connectivity index (χ0n) is 21.2. The number of carbonyl (C=O) groups excluding carboxylic acids is 2. The van der Waals surface area contributed by atoms with Gasteiger partial charge in [0.05, 0.1) is 37.0 Å². The van der Waals surface area contributed by atoms with Crippen LogP contribution in [0.5, 0.6) is 11.5 Å². The number of nitrogens with zero attached hydrogens (tertiary/aromatic N) is 2. The summed E-state index contributed by atoms with van der Waals surface area (Å²) >= 11 is 0. The van der Waals surface area contributed by atoms with Crippen LogP contribution >= 0.6 is 0 Å². The van der Waals surface area contributed by atoms with Gasteiger partial charge in [-0.2, -0.15) is 5.26 Å². The molecule has 4 rings (SSSR count). The number of hydrogen-bond donors (Lipinski definition) is 1. The summed E-state index contributed by atoms with van der Waals surface area (Å²) in [5.74, 6) is -0.483. The molecule has 7 heteroatoms. The smallest absolute Gasteiger partial charge is 0.300 e. The van der Waals surface area contributed by atoms with Crippen molar-refractivity contribution in [1.29, 1.82) is 5.26 Å². The maximum Gasteiger partial charge on any atom is 0.300 e. The number of carbonyl (C=O) groups is 2. The number of methoxy groups -OCH3 is 1. The van der Waals surface area contributed by atoms with E-state index in [1.165, 1.54) is 12.0 Å². The van der Waals surface area contributed by atoms with Crippen LogP contribution in [0, 0.1) is 11.3 Å². The van der Waals surface area contributed by atoms with Gasteiger partial charge in [0.2, 0.25) is 0 Å². The average Bonchev–Trinajstić information content (AvgIpc) is 3.18. The third-order valence-electron chi connectivity index (χ3n) is 6.33. The van der Waals surface area contributed by atoms with Gasteiger partial charge in [-0.05, 0) is 78.6 Å². The Morgan fingerprint density at radius 1 is 1.08 bits per heavy atom. The molecule has 3 aromatic rings. The van der Waals surface area contributed by atoms with Crippen molar-refractivity contribution in [3.63, 3.8) is 0 Å². The normalized spacial score (nSPS) is 16.6. The number of hydrogen-bond acceptors (Lipinski definition) is 6. The summed E-state index contributed by atoms with van der Waals surface area (Å²) in [6, 6.07) is 19.8. The molecule has 0 spiro atoms. The summed E-state index contributed by atoms with van der Waals surface area (Å²) in [5, 5.41) is 20.7. The van der Waals surface area contributed by atoms with Crippen molar-refractivity contribution in [3.8, 4) is 17.6 Å². The summed E-state index contributed by atoms with van der Waals surface area (Å²) in [5.41, 5.74) is 2.72. The second-order valence-electron chi connectivity index (χ2n) is 8.94. The van der Waals surface area contributed by atoms with Crippen LogP contribution in [0.25, 0.3) is 5.76 Å². The second-order valence-corrected chi connectivity index (χ2v) is 8.94. The Morgan fingerprint density at radius 2 is 1.81 bits per heavy atom. The SMILES string of the molecule is CCOc1ccc(/C(O)=C2/C(=O)C(=O)N(c3ccc(C#N)cc3)C2c2cccc(OC)c2)cc1C(C)C. The van der Waals surface area contributed by atoms with Gasteiger partial charge in [-0.25, -0.2) is 0 Å². The molecule has 1 atom stereocenters. The summed E-state index contributed by atoms with van der Waals surface area (Å²) in [4.78, 5) is 28.2. The van der Waals surface area contributed by atoms with Crippen LogP contribution in [0.4, 0.5) is 5.69 Å². The van der Waals surface area contributed by atoms with Gasteiger partial charge in [0.25, 0.3) is 11.7 Å². The number of benzene rings is 3. The molecule has 1 fully saturated rings. The van der Waals surface area contributed by atoms with Gasteiger partial charge in [-0.3, -0.25) is 14.5 Å². The fraction of sp³-hybridized carbons (Fsp3) is 0.233. The molecule has 7 nitrogen and oxygen atoms in total. The lowest BCUT2D eigenvalue weighted by atomic mass is 9.93. The van der Waals surface area contributed by atoms with Crippen molar-refractivity contribution in [1.82, 2.24) is 0 Å². The van der Waals surface area contributed by atoms with E-state index >= 15 is 0 Å². The fourth-order valence-electron chi connectivity index (χ4n) is 4.51. The first-order valence-corrected chi connectivity index (χ1v) is 12.0. The van der Waals surface area contributed by atoms with Gasteiger partial charge in [0, 0.05) is 11.3 Å². The van der Waals surface area contributed by atoms with E-state index in [1.807, 2.05) is 20.8 Å². The van der Waals surface area contributed by atoms with Crippen molar-refractivity contribution in [2.45, 2.75) is 32.7 Å². The molecule has 0 bridgehead atoms. The zero-order chi connectivity index (χ0) is 26.7. The molecule has 1 N–H and O–H groups in total. The summed E-state index contributed by atoms with van der Waals surface area (Å²) in [6.07, 6.45) is 0. The first-order valence-electron chi connectivity index (χ1n) is 12.0. The number of anilines is 1. The minimum Gasteiger partial charge on any atom is -0.507 e. The first kappa shape index (κ1) is 25.5. The third kappa shape index (κ3) is 4.78. The maximum atomic E-state index is 13.4. The highest BCUT2D eigenvalue weighted by Crippen LogP contribution is 2.43. The second kappa shape index (κ2) is 10.6. The lowest BCUT2D eigenvalue weighted by molar-refractivity contribution is -0.132. The Kier molecular flexibility index (Phi) is 7.30. The molecule has 0 aromatic heterocycles. The maximum absolute atomic E-state index is 13.4. The van der Waals surface area contributed by atoms with Crippen LogP contribution in [0.3, 0.4) is 0 Å². The van der Waals surface area contributed by atoms with Crippen LogP contribution in [0.2, 0.25) is 0 Å². The van der Waals surface area contributed by atoms with E-state index in [9.17, 15) is 20.0 Å². The molecule has 0 saturated carbocycles. The minimum atomic E-state index is -0.905. The quantitative estimate of drug-likeness (QED) is 0.255. The molecular formula is C30H28N2O5. The van der Waals surface area contributed by atoms with Gasteiger partial charge < -0.3 is 14.6 Å². The minimum absolute atomic E-state index is 0.0264. The predicted molar refractivity (Wildman–Crippen MR) is 141 cm³/mol. The molecule has 1 aliphatic rings. The van der Waals surface area contributed by atoms with Crippen LogP contribution in [0.1, 0.15) is 55.0 Å². The van der Waals surface area contributed by atoms with E-state index in [2.05, 4.69) is 6.07 Å². The Bertz CT molecular complexity index is 1420. The van der Waals surface area contributed by atoms with Gasteiger partial charge >= 0.3 is 0 Å². The lowest BCUT2D eigenvalue weighted by Gasteiger charge is -2.26. The molecule has 1 aliphatic heterocycles. The van der Waals surface area contributed by atoms with E-state index in [4.69, 9.17) is 9.47 Å². The summed E-state index contributed by atoms with van der Waals surface area (Å²) in [6.45, 7) is 6.43. The Labute approximate surface area is 216 Å². The molecule has 1 unspecified atom stereocenters. The number of aliphatic hydroxyl groups is 1. The van der Waals surface area contributed by atoms with Crippen LogP contribution in [-0.2, 0) is 9.59 Å². The van der Waals surface area contributed by atoms with E-state index < -0.39 is 17.7 Å². The van der Waals surface area contributed by atoms with Crippen LogP contribution in [-0.4, -0.2) is 30.5 Å². The molecule has 0 radical (unpaired) electrons. The molecular weight excluding hydrogens is 468 g/mol. The Hall–Kier alpha value is -4.57. The Balaban J connectivity index is 1.94. The monoisotopic (exact) mass is 496 g/mol. The summed E-state index contributed by atoms with van der Waals surface area (Å²) < 4.78 is 11.1. The Morgan fingerprint density at radius 3 is 2.43 bits per heavy atom. The number of nitriles is 1. The van der Waals surface area contributed by atoms with Gasteiger partial charge in [-0.15, -0.1) is 0 Å². The number of amides is 1. The van der Waals surface area contributed by atoms with Crippen molar-refractivity contribution < 1.29 is 24.2 Å². The molecule has 3 aromatic carbocycles. The van der Waals surface area contributed by atoms with Crippen LogP contribution in [0.15, 0.2) is 72.3 Å². The molecule has 188 valence electrons. The van der Waals surface area contributed by atoms with Crippen molar-refractivity contribution >= 4 is 23.1 Å². The number of ketones is 1. The van der Waals surface area contributed by atoms with E-state index in [0.717, 1.165) is 5.56 Å².